The van der Waals surface area contributed by atoms with E-state index >= 15 is 0 Å². The van der Waals surface area contributed by atoms with Gasteiger partial charge in [0.15, 0.2) is 11.9 Å². The van der Waals surface area contributed by atoms with Crippen LogP contribution in [0.1, 0.15) is 200 Å². The van der Waals surface area contributed by atoms with Gasteiger partial charge in [-0.25, -0.2) is 4.57 Å². The Morgan fingerprint density at radius 3 is 1.49 bits per heavy atom. The highest BCUT2D eigenvalue weighted by Crippen LogP contribution is 2.36. The maximum Gasteiger partial charge on any atom is 0.469 e. The number of carbonyl (C=O) groups is 3. The highest BCUT2D eigenvalue weighted by molar-refractivity contribution is 7.46. The number of phosphoric acid groups is 1. The number of ether oxygens (including phenoxy) is 2. The van der Waals surface area contributed by atoms with Crippen molar-refractivity contribution < 1.29 is 42.7 Å². The topological polar surface area (TPSA) is 136 Å². The van der Waals surface area contributed by atoms with Crippen LogP contribution in [0.25, 0.3) is 0 Å². The number of hydrogen-bond donors (Lipinski definition) is 2. The van der Waals surface area contributed by atoms with Gasteiger partial charge in [-0.15, -0.1) is 0 Å². The lowest BCUT2D eigenvalue weighted by Crippen LogP contribution is -2.29. The van der Waals surface area contributed by atoms with Crippen LogP contribution < -0.4 is 0 Å². The minimum absolute atomic E-state index is 0.161. The lowest BCUT2D eigenvalue weighted by atomic mass is 10.1. The Labute approximate surface area is 323 Å². The Morgan fingerprint density at radius 2 is 0.962 bits per heavy atom. The Balaban J connectivity index is 3.96. The maximum atomic E-state index is 12.4. The molecule has 0 rings (SSSR count). The largest absolute Gasteiger partial charge is 0.469 e. The van der Waals surface area contributed by atoms with Gasteiger partial charge in [-0.1, -0.05) is 153 Å². The summed E-state index contributed by atoms with van der Waals surface area (Å²) in [5.74, 6) is -0.775. The molecule has 0 saturated carbocycles. The van der Waals surface area contributed by atoms with Gasteiger partial charge in [0.05, 0.1) is 6.61 Å². The summed E-state index contributed by atoms with van der Waals surface area (Å²) >= 11 is 0. The highest BCUT2D eigenvalue weighted by atomic mass is 31.2. The maximum absolute atomic E-state index is 12.4. The predicted molar refractivity (Wildman–Crippen MR) is 217 cm³/mol. The van der Waals surface area contributed by atoms with Gasteiger partial charge in [0.1, 0.15) is 6.61 Å². The Morgan fingerprint density at radius 1 is 0.528 bits per heavy atom. The minimum atomic E-state index is -4.77. The third-order valence-corrected chi connectivity index (χ3v) is 9.59. The summed E-state index contributed by atoms with van der Waals surface area (Å²) in [6.07, 6.45) is 41.3. The zero-order chi connectivity index (χ0) is 39.1. The van der Waals surface area contributed by atoms with E-state index in [-0.39, 0.29) is 25.2 Å². The standard InChI is InChI=1S/C43H77O9P/c1-3-5-7-8-9-10-11-12-13-14-15-16-17-18-19-22-25-28-32-36-42(45)50-38-41(39-51-53(47,48)49)52-43(46)37-33-29-26-23-20-21-24-27-31-35-40(44)34-30-6-4-2/h12-13,24,27,31,35,41H,3-11,14-23,25-26,28-30,32-34,36-39H2,1-2H3,(H2,47,48,49)/b13-12-,27-24-,35-31+/t41-/m1/s1. The molecule has 0 amide bonds. The van der Waals surface area contributed by atoms with E-state index in [0.717, 1.165) is 70.6 Å². The summed E-state index contributed by atoms with van der Waals surface area (Å²) in [6.45, 7) is 3.51. The second-order valence-electron chi connectivity index (χ2n) is 14.3. The van der Waals surface area contributed by atoms with Crippen molar-refractivity contribution in [2.24, 2.45) is 0 Å². The van der Waals surface area contributed by atoms with Gasteiger partial charge in [0.2, 0.25) is 0 Å². The molecule has 0 unspecified atom stereocenters. The zero-order valence-corrected chi connectivity index (χ0v) is 34.6. The van der Waals surface area contributed by atoms with Crippen LogP contribution >= 0.6 is 7.82 Å². The molecule has 0 aliphatic heterocycles. The molecule has 0 aromatic heterocycles. The van der Waals surface area contributed by atoms with Crippen molar-refractivity contribution in [1.29, 1.82) is 0 Å². The molecule has 0 bridgehead atoms. The van der Waals surface area contributed by atoms with Crippen molar-refractivity contribution in [2.75, 3.05) is 13.2 Å². The average molecular weight is 769 g/mol. The van der Waals surface area contributed by atoms with E-state index in [0.29, 0.717) is 19.3 Å². The summed E-state index contributed by atoms with van der Waals surface area (Å²) in [4.78, 5) is 54.5. The molecular formula is C43H77O9P. The van der Waals surface area contributed by atoms with Crippen LogP contribution in [0.5, 0.6) is 0 Å². The first-order chi connectivity index (χ1) is 25.7. The summed E-state index contributed by atoms with van der Waals surface area (Å²) in [7, 11) is -4.77. The van der Waals surface area contributed by atoms with Crippen LogP contribution in [0.15, 0.2) is 36.5 Å². The number of esters is 2. The van der Waals surface area contributed by atoms with Gasteiger partial charge in [0.25, 0.3) is 0 Å². The van der Waals surface area contributed by atoms with E-state index in [1.54, 1.807) is 12.2 Å². The van der Waals surface area contributed by atoms with E-state index in [1.807, 2.05) is 6.08 Å². The number of ketones is 1. The fourth-order valence-electron chi connectivity index (χ4n) is 5.88. The van der Waals surface area contributed by atoms with Crippen LogP contribution in [0.2, 0.25) is 0 Å². The molecule has 308 valence electrons. The molecule has 10 heteroatoms. The number of phosphoric ester groups is 1. The van der Waals surface area contributed by atoms with Crippen molar-refractivity contribution in [3.05, 3.63) is 36.5 Å². The lowest BCUT2D eigenvalue weighted by molar-refractivity contribution is -0.161. The smallest absolute Gasteiger partial charge is 0.462 e. The Hall–Kier alpha value is -2.06. The molecule has 1 atom stereocenters. The van der Waals surface area contributed by atoms with Crippen LogP contribution in [-0.4, -0.2) is 46.8 Å². The minimum Gasteiger partial charge on any atom is -0.462 e. The van der Waals surface area contributed by atoms with Gasteiger partial charge in [0, 0.05) is 19.3 Å². The average Bonchev–Trinajstić information content (AvgIpc) is 3.12. The Kier molecular flexibility index (Phi) is 36.7. The van der Waals surface area contributed by atoms with E-state index in [4.69, 9.17) is 19.3 Å². The zero-order valence-electron chi connectivity index (χ0n) is 33.7. The summed E-state index contributed by atoms with van der Waals surface area (Å²) < 4.78 is 26.3. The lowest BCUT2D eigenvalue weighted by Gasteiger charge is -2.18. The SMILES string of the molecule is CCCCCCCC/C=C\CCCCCCCCCCCC(=O)OC[C@H](COP(=O)(O)O)OC(=O)CCCCCCC/C=C\C=C\C(=O)CCCCC. The van der Waals surface area contributed by atoms with E-state index in [1.165, 1.54) is 83.5 Å². The van der Waals surface area contributed by atoms with Crippen molar-refractivity contribution in [3.63, 3.8) is 0 Å². The summed E-state index contributed by atoms with van der Waals surface area (Å²) in [6, 6.07) is 0. The van der Waals surface area contributed by atoms with Crippen LogP contribution in [0, 0.1) is 0 Å². The molecule has 0 fully saturated rings. The molecule has 0 saturated heterocycles. The fourth-order valence-corrected chi connectivity index (χ4v) is 6.24. The Bertz CT molecular complexity index is 1020. The third kappa shape index (κ3) is 41.0. The first-order valence-corrected chi connectivity index (χ1v) is 22.8. The molecule has 2 N–H and O–H groups in total. The van der Waals surface area contributed by atoms with Crippen LogP contribution in [-0.2, 0) is 32.9 Å². The predicted octanol–water partition coefficient (Wildman–Crippen LogP) is 12.1. The van der Waals surface area contributed by atoms with Crippen LogP contribution in [0.3, 0.4) is 0 Å². The summed E-state index contributed by atoms with van der Waals surface area (Å²) in [5.41, 5.74) is 0. The molecular weight excluding hydrogens is 691 g/mol. The van der Waals surface area contributed by atoms with Gasteiger partial charge in [-0.2, -0.15) is 0 Å². The van der Waals surface area contributed by atoms with Crippen molar-refractivity contribution in [3.8, 4) is 0 Å². The molecule has 0 heterocycles. The number of hydrogen-bond acceptors (Lipinski definition) is 7. The number of rotatable bonds is 39. The van der Waals surface area contributed by atoms with Gasteiger partial charge in [-0.3, -0.25) is 18.9 Å². The van der Waals surface area contributed by atoms with E-state index < -0.39 is 32.5 Å². The number of carbonyl (C=O) groups excluding carboxylic acids is 3. The molecule has 0 aliphatic carbocycles. The molecule has 0 spiro atoms. The highest BCUT2D eigenvalue weighted by Gasteiger charge is 2.22. The van der Waals surface area contributed by atoms with Gasteiger partial charge < -0.3 is 19.3 Å². The first kappa shape index (κ1) is 50.9. The molecule has 0 aromatic rings. The molecule has 9 nitrogen and oxygen atoms in total. The number of unbranched alkanes of at least 4 members (excludes halogenated alkanes) is 22. The van der Waals surface area contributed by atoms with Crippen LogP contribution in [0.4, 0.5) is 0 Å². The quantitative estimate of drug-likeness (QED) is 0.0156. The second-order valence-corrected chi connectivity index (χ2v) is 15.6. The fraction of sp³-hybridized carbons (Fsp3) is 0.791. The molecule has 0 aliphatic rings. The summed E-state index contributed by atoms with van der Waals surface area (Å²) in [5, 5.41) is 0. The van der Waals surface area contributed by atoms with Crippen molar-refractivity contribution >= 4 is 25.5 Å². The third-order valence-electron chi connectivity index (χ3n) is 9.11. The van der Waals surface area contributed by atoms with E-state index in [9.17, 15) is 18.9 Å². The van der Waals surface area contributed by atoms with Gasteiger partial charge >= 0.3 is 19.8 Å². The van der Waals surface area contributed by atoms with Crippen molar-refractivity contribution in [2.45, 2.75) is 206 Å². The van der Waals surface area contributed by atoms with Gasteiger partial charge in [-0.05, 0) is 63.9 Å². The first-order valence-electron chi connectivity index (χ1n) is 21.2. The molecule has 53 heavy (non-hydrogen) atoms. The molecule has 0 radical (unpaired) electrons. The molecule has 0 aromatic carbocycles. The van der Waals surface area contributed by atoms with Crippen molar-refractivity contribution in [1.82, 2.24) is 0 Å². The monoisotopic (exact) mass is 769 g/mol. The second kappa shape index (κ2) is 38.2. The van der Waals surface area contributed by atoms with E-state index in [2.05, 4.69) is 36.6 Å². The number of allylic oxidation sites excluding steroid dienone is 6. The normalized spacial score (nSPS) is 12.7.